The second-order valence-electron chi connectivity index (χ2n) is 19.3. The molecule has 0 spiro atoms. The summed E-state index contributed by atoms with van der Waals surface area (Å²) < 4.78 is 11.6. The molecule has 18 heteroatoms. The van der Waals surface area contributed by atoms with Gasteiger partial charge >= 0.3 is 12.2 Å². The van der Waals surface area contributed by atoms with Crippen molar-refractivity contribution in [3.05, 3.63) is 102 Å². The highest BCUT2D eigenvalue weighted by molar-refractivity contribution is 6.12. The lowest BCUT2D eigenvalue weighted by Gasteiger charge is -2.35. The molecule has 1 aliphatic heterocycles. The maximum Gasteiger partial charge on any atom is 0.410 e. The molecule has 1 aliphatic rings. The summed E-state index contributed by atoms with van der Waals surface area (Å²) in [6.45, 7) is 12.2. The van der Waals surface area contributed by atoms with E-state index >= 15 is 0 Å². The lowest BCUT2D eigenvalue weighted by molar-refractivity contribution is -0.137. The van der Waals surface area contributed by atoms with Crippen LogP contribution in [0.5, 0.6) is 0 Å². The fourth-order valence-electron chi connectivity index (χ4n) is 7.93. The van der Waals surface area contributed by atoms with E-state index in [0.29, 0.717) is 43.5 Å². The van der Waals surface area contributed by atoms with Gasteiger partial charge in [-0.1, -0.05) is 101 Å². The minimum absolute atomic E-state index is 0.0508. The molecule has 4 rings (SSSR count). The molecule has 0 bridgehead atoms. The molecule has 380 valence electrons. The number of imide groups is 1. The Labute approximate surface area is 411 Å². The Bertz CT molecular complexity index is 2250. The predicted molar refractivity (Wildman–Crippen MR) is 266 cm³/mol. The fraction of sp³-hybridized carbons (Fsp3) is 0.481. The van der Waals surface area contributed by atoms with Gasteiger partial charge in [-0.2, -0.15) is 0 Å². The van der Waals surface area contributed by atoms with E-state index in [1.165, 1.54) is 22.0 Å². The number of amides is 7. The molecule has 0 aromatic heterocycles. The smallest absolute Gasteiger partial charge is 0.410 e. The van der Waals surface area contributed by atoms with Gasteiger partial charge in [0.25, 0.3) is 11.8 Å². The lowest BCUT2D eigenvalue weighted by atomic mass is 9.92. The van der Waals surface area contributed by atoms with Crippen LogP contribution in [0, 0.1) is 11.3 Å². The highest BCUT2D eigenvalue weighted by Gasteiger charge is 2.32. The highest BCUT2D eigenvalue weighted by atomic mass is 16.6. The van der Waals surface area contributed by atoms with Gasteiger partial charge in [-0.15, -0.1) is 0 Å². The third-order valence-electron chi connectivity index (χ3n) is 11.7. The summed E-state index contributed by atoms with van der Waals surface area (Å²) in [5, 5.41) is 20.5. The van der Waals surface area contributed by atoms with E-state index in [0.717, 1.165) is 21.6 Å². The molecule has 70 heavy (non-hydrogen) atoms. The Morgan fingerprint density at radius 3 is 1.94 bits per heavy atom. The van der Waals surface area contributed by atoms with Crippen molar-refractivity contribution in [3.63, 3.8) is 0 Å². The number of hydrogen-bond donors (Lipinski definition) is 6. The Morgan fingerprint density at radius 2 is 1.34 bits per heavy atom. The summed E-state index contributed by atoms with van der Waals surface area (Å²) in [6, 6.07) is 22.7. The van der Waals surface area contributed by atoms with Gasteiger partial charge in [-0.05, 0) is 86.4 Å². The summed E-state index contributed by atoms with van der Waals surface area (Å²) in [7, 11) is 3.29. The second-order valence-corrected chi connectivity index (χ2v) is 19.3. The van der Waals surface area contributed by atoms with E-state index in [1.807, 2.05) is 82.3 Å². The van der Waals surface area contributed by atoms with Crippen molar-refractivity contribution in [2.45, 2.75) is 111 Å². The van der Waals surface area contributed by atoms with Gasteiger partial charge in [0, 0.05) is 63.4 Å². The maximum atomic E-state index is 13.6. The zero-order chi connectivity index (χ0) is 51.6. The van der Waals surface area contributed by atoms with Crippen molar-refractivity contribution in [2.75, 3.05) is 45.6 Å². The molecule has 0 saturated carbocycles. The minimum Gasteiger partial charge on any atom is -0.445 e. The van der Waals surface area contributed by atoms with Crippen molar-refractivity contribution in [1.29, 1.82) is 0 Å². The number of aliphatic hydroxyl groups is 1. The van der Waals surface area contributed by atoms with Gasteiger partial charge in [-0.25, -0.2) is 9.59 Å². The molecule has 7 amide bonds. The molecule has 0 fully saturated rings. The number of ether oxygens (including phenoxy) is 2. The largest absolute Gasteiger partial charge is 0.445 e. The van der Waals surface area contributed by atoms with Crippen LogP contribution in [0.3, 0.4) is 0 Å². The fourth-order valence-corrected chi connectivity index (χ4v) is 7.93. The van der Waals surface area contributed by atoms with Gasteiger partial charge in [-0.3, -0.25) is 39.9 Å². The van der Waals surface area contributed by atoms with Crippen molar-refractivity contribution in [3.8, 4) is 11.1 Å². The number of nitrogens with two attached hydrogens (primary N) is 1. The number of unbranched alkanes of at least 4 members (excludes halogenated alkanes) is 2. The molecule has 18 nitrogen and oxygen atoms in total. The normalized spacial score (nSPS) is 13.9. The van der Waals surface area contributed by atoms with Crippen LogP contribution < -0.4 is 27.0 Å². The summed E-state index contributed by atoms with van der Waals surface area (Å²) in [4.78, 5) is 94.1. The number of carbonyl (C=O) groups excluding carboxylic acids is 7. The molecule has 1 unspecified atom stereocenters. The third-order valence-corrected chi connectivity index (χ3v) is 11.7. The molecule has 0 radical (unpaired) electrons. The van der Waals surface area contributed by atoms with E-state index in [9.17, 15) is 38.7 Å². The first kappa shape index (κ1) is 56.0. The number of nitrogens with zero attached hydrogens (tertiary/aromatic N) is 3. The zero-order valence-electron chi connectivity index (χ0n) is 41.8. The molecule has 3 atom stereocenters. The Balaban J connectivity index is 1.24. The Hall–Kier alpha value is -6.63. The number of benzene rings is 3. The van der Waals surface area contributed by atoms with Crippen molar-refractivity contribution in [1.82, 2.24) is 30.7 Å². The zero-order valence-corrected chi connectivity index (χ0v) is 41.8. The number of carbonyl (C=O) groups is 7. The van der Waals surface area contributed by atoms with E-state index < -0.39 is 53.5 Å². The monoisotopic (exact) mass is 969 g/mol. The molecule has 0 aliphatic carbocycles. The number of hydrogen-bond acceptors (Lipinski definition) is 12. The van der Waals surface area contributed by atoms with Crippen LogP contribution in [0.15, 0.2) is 91.0 Å². The van der Waals surface area contributed by atoms with Crippen LogP contribution >= 0.6 is 0 Å². The average molecular weight is 969 g/mol. The topological polar surface area (TPSA) is 242 Å². The van der Waals surface area contributed by atoms with Gasteiger partial charge in [0.15, 0.2) is 6.35 Å². The SMILES string of the molecule is CC(C)[C@H](NC(=O)CCCCCN1C(=O)C=CC1=O)C(=O)N[C@@H](CCCNC(N)O)C(=O)Nc1ccc(COC(=O)N(C)CC(C)(C)CN(C)C(=O)OC(C)(C)c2ccc(-c3ccccc3)cc2)cc1. The summed E-state index contributed by atoms with van der Waals surface area (Å²) in [5.41, 5.74) is 8.05. The van der Waals surface area contributed by atoms with Crippen LogP contribution in [-0.4, -0.2) is 120 Å². The van der Waals surface area contributed by atoms with Crippen LogP contribution in [0.1, 0.15) is 91.2 Å². The lowest BCUT2D eigenvalue weighted by Crippen LogP contribution is -2.54. The molecular weight excluding hydrogens is 897 g/mol. The van der Waals surface area contributed by atoms with E-state index in [1.54, 1.807) is 52.2 Å². The van der Waals surface area contributed by atoms with Gasteiger partial charge in [0.05, 0.1) is 0 Å². The average Bonchev–Trinajstić information content (AvgIpc) is 3.63. The van der Waals surface area contributed by atoms with Crippen LogP contribution in [0.4, 0.5) is 15.3 Å². The van der Waals surface area contributed by atoms with Gasteiger partial charge in [0.1, 0.15) is 24.3 Å². The summed E-state index contributed by atoms with van der Waals surface area (Å²) >= 11 is 0. The molecule has 7 N–H and O–H groups in total. The van der Waals surface area contributed by atoms with Gasteiger partial charge < -0.3 is 40.3 Å². The first-order valence-corrected chi connectivity index (χ1v) is 23.7. The molecular formula is C52H72N8O10. The Morgan fingerprint density at radius 1 is 0.743 bits per heavy atom. The maximum absolute atomic E-state index is 13.6. The highest BCUT2D eigenvalue weighted by Crippen LogP contribution is 2.29. The number of aliphatic hydroxyl groups excluding tert-OH is 1. The van der Waals surface area contributed by atoms with E-state index in [2.05, 4.69) is 21.3 Å². The molecule has 3 aromatic rings. The second kappa shape index (κ2) is 26.4. The summed E-state index contributed by atoms with van der Waals surface area (Å²) in [6.07, 6.45) is 2.41. The molecule has 0 saturated heterocycles. The Kier molecular flexibility index (Phi) is 21.1. The van der Waals surface area contributed by atoms with Crippen LogP contribution in [0.25, 0.3) is 11.1 Å². The van der Waals surface area contributed by atoms with Crippen LogP contribution in [0.2, 0.25) is 0 Å². The summed E-state index contributed by atoms with van der Waals surface area (Å²) in [5.74, 6) is -2.43. The first-order chi connectivity index (χ1) is 33.0. The quantitative estimate of drug-likeness (QED) is 0.0327. The van der Waals surface area contributed by atoms with Crippen molar-refractivity contribution < 1.29 is 48.1 Å². The molecule has 3 aromatic carbocycles. The first-order valence-electron chi connectivity index (χ1n) is 23.7. The number of rotatable bonds is 26. The minimum atomic E-state index is -1.26. The van der Waals surface area contributed by atoms with Gasteiger partial charge in [0.2, 0.25) is 17.7 Å². The van der Waals surface area contributed by atoms with Crippen molar-refractivity contribution >= 4 is 47.4 Å². The van der Waals surface area contributed by atoms with Crippen molar-refractivity contribution in [2.24, 2.45) is 17.1 Å². The molecule has 1 heterocycles. The standard InChI is InChI=1S/C52H72N8O10/c1-35(2)45(57-42(61)19-13-10-14-31-60-43(62)28-29-44(60)63)47(65)56-41(18-15-30-54-48(53)66)46(64)55-40-26-20-36(21-27-40)32-69-49(67)58(7)33-51(3,4)34-59(8)50(68)70-52(5,6)39-24-22-38(23-25-39)37-16-11-9-12-17-37/h9,11-12,16-17,20-29,35,41,45,48,54,66H,10,13-15,18-19,30-34,53H2,1-8H3,(H,55,64)(H,56,65)(H,57,61)/t41-,45-,48?/m0/s1. The van der Waals surface area contributed by atoms with Crippen LogP contribution in [-0.2, 0) is 45.7 Å². The predicted octanol–water partition coefficient (Wildman–Crippen LogP) is 5.61. The third kappa shape index (κ3) is 18.0. The van der Waals surface area contributed by atoms with E-state index in [4.69, 9.17) is 15.2 Å². The van der Waals surface area contributed by atoms with E-state index in [-0.39, 0.29) is 62.7 Å². The number of nitrogens with one attached hydrogen (secondary N) is 4. The number of anilines is 1.